The van der Waals surface area contributed by atoms with Crippen molar-refractivity contribution in [1.29, 1.82) is 0 Å². The van der Waals surface area contributed by atoms with Gasteiger partial charge in [0, 0.05) is 19.0 Å². The molecule has 0 N–H and O–H groups in total. The van der Waals surface area contributed by atoms with E-state index in [9.17, 15) is 0 Å². The highest BCUT2D eigenvalue weighted by Gasteiger charge is 2.22. The van der Waals surface area contributed by atoms with Crippen LogP contribution in [0, 0.1) is 0 Å². The maximum absolute atomic E-state index is 2.38. The maximum Gasteiger partial charge on any atom is 0.0220 e. The van der Waals surface area contributed by atoms with Gasteiger partial charge in [0.25, 0.3) is 0 Å². The molecule has 2 aromatic rings. The molecule has 0 amide bonds. The van der Waals surface area contributed by atoms with Gasteiger partial charge in [-0.15, -0.1) is 0 Å². The van der Waals surface area contributed by atoms with Gasteiger partial charge in [-0.25, -0.2) is 0 Å². The van der Waals surface area contributed by atoms with Crippen molar-refractivity contribution in [2.45, 2.75) is 5.92 Å². The number of benzene rings is 2. The van der Waals surface area contributed by atoms with Gasteiger partial charge in [0.15, 0.2) is 0 Å². The van der Waals surface area contributed by atoms with E-state index in [2.05, 4.69) is 78.7 Å². The summed E-state index contributed by atoms with van der Waals surface area (Å²) in [5.41, 5.74) is 4.22. The van der Waals surface area contributed by atoms with Crippen LogP contribution in [-0.4, -0.2) is 25.0 Å². The van der Waals surface area contributed by atoms with E-state index < -0.39 is 0 Å². The minimum absolute atomic E-state index is 0.474. The van der Waals surface area contributed by atoms with Crippen molar-refractivity contribution < 1.29 is 0 Å². The quantitative estimate of drug-likeness (QED) is 0.782. The second kappa shape index (κ2) is 5.41. The lowest BCUT2D eigenvalue weighted by molar-refractivity contribution is 0.351. The standard InChI is InChI=1S/C18H19N/c1-19-13-12-17(15-8-4-2-5-9-15)18(14-19)16-10-6-3-7-11-16/h2-12,18H,13-14H2,1H3. The highest BCUT2D eigenvalue weighted by atomic mass is 15.1. The van der Waals surface area contributed by atoms with Crippen LogP contribution in [0.1, 0.15) is 17.0 Å². The van der Waals surface area contributed by atoms with Crippen LogP contribution in [0.2, 0.25) is 0 Å². The third kappa shape index (κ3) is 2.61. The van der Waals surface area contributed by atoms with Crippen LogP contribution in [0.25, 0.3) is 5.57 Å². The Bertz CT molecular complexity index is 557. The zero-order valence-corrected chi connectivity index (χ0v) is 11.3. The smallest absolute Gasteiger partial charge is 0.0220 e. The van der Waals surface area contributed by atoms with E-state index in [4.69, 9.17) is 0 Å². The second-order valence-corrected chi connectivity index (χ2v) is 5.21. The topological polar surface area (TPSA) is 3.24 Å². The number of hydrogen-bond acceptors (Lipinski definition) is 1. The fourth-order valence-corrected chi connectivity index (χ4v) is 2.80. The zero-order chi connectivity index (χ0) is 13.1. The van der Waals surface area contributed by atoms with Crippen LogP contribution in [-0.2, 0) is 0 Å². The molecule has 1 atom stereocenters. The monoisotopic (exact) mass is 249 g/mol. The average molecular weight is 249 g/mol. The summed E-state index contributed by atoms with van der Waals surface area (Å²) in [7, 11) is 2.19. The largest absolute Gasteiger partial charge is 0.302 e. The summed E-state index contributed by atoms with van der Waals surface area (Å²) < 4.78 is 0. The average Bonchev–Trinajstić information content (AvgIpc) is 2.49. The molecule has 1 heterocycles. The van der Waals surface area contributed by atoms with Crippen molar-refractivity contribution in [1.82, 2.24) is 4.90 Å². The molecule has 19 heavy (non-hydrogen) atoms. The Kier molecular flexibility index (Phi) is 3.47. The maximum atomic E-state index is 2.38. The Balaban J connectivity index is 2.01. The van der Waals surface area contributed by atoms with E-state index in [0.717, 1.165) is 13.1 Å². The fraction of sp³-hybridized carbons (Fsp3) is 0.222. The highest BCUT2D eigenvalue weighted by Crippen LogP contribution is 2.34. The molecule has 0 saturated heterocycles. The summed E-state index contributed by atoms with van der Waals surface area (Å²) in [6.45, 7) is 2.12. The molecule has 3 rings (SSSR count). The first-order valence-electron chi connectivity index (χ1n) is 6.83. The Hall–Kier alpha value is -1.86. The number of nitrogens with zero attached hydrogens (tertiary/aromatic N) is 1. The zero-order valence-electron chi connectivity index (χ0n) is 11.3. The van der Waals surface area contributed by atoms with Crippen molar-refractivity contribution in [3.8, 4) is 0 Å². The van der Waals surface area contributed by atoms with Gasteiger partial charge in [0.1, 0.15) is 0 Å². The van der Waals surface area contributed by atoms with E-state index in [1.54, 1.807) is 0 Å². The molecule has 0 aromatic heterocycles. The SMILES string of the molecule is CN1CC=C(c2ccccc2)C(c2ccccc2)C1. The van der Waals surface area contributed by atoms with Gasteiger partial charge >= 0.3 is 0 Å². The Morgan fingerprint density at radius 3 is 2.21 bits per heavy atom. The Morgan fingerprint density at radius 1 is 0.895 bits per heavy atom. The van der Waals surface area contributed by atoms with Crippen molar-refractivity contribution in [3.63, 3.8) is 0 Å². The van der Waals surface area contributed by atoms with Crippen LogP contribution >= 0.6 is 0 Å². The van der Waals surface area contributed by atoms with Gasteiger partial charge in [-0.2, -0.15) is 0 Å². The normalized spacial score (nSPS) is 20.1. The first-order valence-corrected chi connectivity index (χ1v) is 6.83. The molecular weight excluding hydrogens is 230 g/mol. The van der Waals surface area contributed by atoms with E-state index in [1.807, 2.05) is 0 Å². The van der Waals surface area contributed by atoms with E-state index in [1.165, 1.54) is 16.7 Å². The third-order valence-electron chi connectivity index (χ3n) is 3.80. The second-order valence-electron chi connectivity index (χ2n) is 5.21. The summed E-state index contributed by atoms with van der Waals surface area (Å²) in [5.74, 6) is 0.474. The number of likely N-dealkylation sites (N-methyl/N-ethyl adjacent to an activating group) is 1. The predicted octanol–water partition coefficient (Wildman–Crippen LogP) is 3.80. The molecule has 0 radical (unpaired) electrons. The van der Waals surface area contributed by atoms with Crippen molar-refractivity contribution >= 4 is 5.57 Å². The molecule has 0 bridgehead atoms. The molecule has 96 valence electrons. The molecule has 1 heteroatoms. The summed E-state index contributed by atoms with van der Waals surface area (Å²) in [6.07, 6.45) is 2.37. The third-order valence-corrected chi connectivity index (χ3v) is 3.80. The first-order chi connectivity index (χ1) is 9.34. The number of rotatable bonds is 2. The summed E-state index contributed by atoms with van der Waals surface area (Å²) in [6, 6.07) is 21.6. The van der Waals surface area contributed by atoms with Crippen LogP contribution < -0.4 is 0 Å². The number of hydrogen-bond donors (Lipinski definition) is 0. The summed E-state index contributed by atoms with van der Waals surface area (Å²) in [4.78, 5) is 2.38. The molecule has 1 nitrogen and oxygen atoms in total. The van der Waals surface area contributed by atoms with Gasteiger partial charge in [-0.05, 0) is 23.7 Å². The molecule has 1 aliphatic heterocycles. The van der Waals surface area contributed by atoms with Gasteiger partial charge in [-0.3, -0.25) is 0 Å². The Labute approximate surface area is 115 Å². The molecule has 1 aliphatic rings. The van der Waals surface area contributed by atoms with Crippen LogP contribution in [0.5, 0.6) is 0 Å². The minimum atomic E-state index is 0.474. The van der Waals surface area contributed by atoms with Crippen molar-refractivity contribution in [2.75, 3.05) is 20.1 Å². The Morgan fingerprint density at radius 2 is 1.53 bits per heavy atom. The lowest BCUT2D eigenvalue weighted by atomic mass is 9.84. The molecule has 0 saturated carbocycles. The minimum Gasteiger partial charge on any atom is -0.302 e. The van der Waals surface area contributed by atoms with Crippen LogP contribution in [0.4, 0.5) is 0 Å². The fourth-order valence-electron chi connectivity index (χ4n) is 2.80. The van der Waals surface area contributed by atoms with E-state index in [0.29, 0.717) is 5.92 Å². The molecule has 2 aromatic carbocycles. The molecule has 0 spiro atoms. The van der Waals surface area contributed by atoms with Gasteiger partial charge in [0.05, 0.1) is 0 Å². The molecular formula is C18H19N. The summed E-state index contributed by atoms with van der Waals surface area (Å²) >= 11 is 0. The van der Waals surface area contributed by atoms with Gasteiger partial charge < -0.3 is 4.90 Å². The van der Waals surface area contributed by atoms with Crippen LogP contribution in [0.15, 0.2) is 66.7 Å². The van der Waals surface area contributed by atoms with Crippen molar-refractivity contribution in [2.24, 2.45) is 0 Å². The molecule has 0 fully saturated rings. The van der Waals surface area contributed by atoms with Gasteiger partial charge in [0.2, 0.25) is 0 Å². The molecule has 1 unspecified atom stereocenters. The van der Waals surface area contributed by atoms with Crippen molar-refractivity contribution in [3.05, 3.63) is 77.9 Å². The molecule has 0 aliphatic carbocycles. The highest BCUT2D eigenvalue weighted by molar-refractivity contribution is 5.72. The van der Waals surface area contributed by atoms with E-state index >= 15 is 0 Å². The lowest BCUT2D eigenvalue weighted by Gasteiger charge is -2.31. The van der Waals surface area contributed by atoms with Gasteiger partial charge in [-0.1, -0.05) is 66.7 Å². The summed E-state index contributed by atoms with van der Waals surface area (Å²) in [5, 5.41) is 0. The van der Waals surface area contributed by atoms with E-state index in [-0.39, 0.29) is 0 Å². The first kappa shape index (κ1) is 12.2. The van der Waals surface area contributed by atoms with Crippen LogP contribution in [0.3, 0.4) is 0 Å². The predicted molar refractivity (Wildman–Crippen MR) is 81.1 cm³/mol. The lowest BCUT2D eigenvalue weighted by Crippen LogP contribution is -2.29.